The Bertz CT molecular complexity index is 1330. The van der Waals surface area contributed by atoms with E-state index in [9.17, 15) is 33.8 Å². The maximum Gasteiger partial charge on any atom is 0.481 e. The van der Waals surface area contributed by atoms with Crippen molar-refractivity contribution in [3.05, 3.63) is 62.7 Å². The molecule has 2 aliphatic rings. The Morgan fingerprint density at radius 2 is 1.78 bits per heavy atom. The van der Waals surface area contributed by atoms with Crippen LogP contribution in [0.1, 0.15) is 49.1 Å². The molecule has 1 aliphatic carbocycles. The molecule has 15 nitrogen and oxygen atoms in total. The van der Waals surface area contributed by atoms with Crippen molar-refractivity contribution < 1.29 is 47.6 Å². The summed E-state index contributed by atoms with van der Waals surface area (Å²) in [5.41, 5.74) is 0.0783. The van der Waals surface area contributed by atoms with Gasteiger partial charge in [-0.25, -0.2) is 13.9 Å². The second-order valence-electron chi connectivity index (χ2n) is 8.87. The zero-order chi connectivity index (χ0) is 27.0. The highest BCUT2D eigenvalue weighted by Gasteiger charge is 2.46. The Labute approximate surface area is 209 Å². The minimum absolute atomic E-state index is 0.148. The third-order valence-corrected chi connectivity index (χ3v) is 8.46. The third kappa shape index (κ3) is 6.70. The molecular formula is C20H27N3O12P2. The van der Waals surface area contributed by atoms with Crippen LogP contribution in [0.2, 0.25) is 0 Å². The van der Waals surface area contributed by atoms with Gasteiger partial charge in [-0.05, 0) is 36.5 Å². The lowest BCUT2D eigenvalue weighted by atomic mass is 9.98. The quantitative estimate of drug-likeness (QED) is 0.253. The van der Waals surface area contributed by atoms with Gasteiger partial charge in [0.25, 0.3) is 5.56 Å². The van der Waals surface area contributed by atoms with Crippen molar-refractivity contribution >= 4 is 15.6 Å². The zero-order valence-corrected chi connectivity index (χ0v) is 21.1. The van der Waals surface area contributed by atoms with Gasteiger partial charge in [-0.15, -0.1) is 0 Å². The van der Waals surface area contributed by atoms with Gasteiger partial charge in [0, 0.05) is 18.5 Å². The lowest BCUT2D eigenvalue weighted by Crippen LogP contribution is -2.43. The summed E-state index contributed by atoms with van der Waals surface area (Å²) in [7, 11) is -10.6. The van der Waals surface area contributed by atoms with Gasteiger partial charge in [-0.1, -0.05) is 12.8 Å². The molecule has 2 aromatic rings. The number of phosphoric acid groups is 2. The van der Waals surface area contributed by atoms with Gasteiger partial charge in [-0.2, -0.15) is 4.31 Å². The summed E-state index contributed by atoms with van der Waals surface area (Å²) in [6.45, 7) is -1.07. The van der Waals surface area contributed by atoms with Crippen LogP contribution in [0.4, 0.5) is 0 Å². The van der Waals surface area contributed by atoms with E-state index in [2.05, 4.69) is 13.8 Å². The van der Waals surface area contributed by atoms with Crippen molar-refractivity contribution in [1.29, 1.82) is 0 Å². The summed E-state index contributed by atoms with van der Waals surface area (Å²) in [6, 6.07) is 4.84. The van der Waals surface area contributed by atoms with E-state index in [-0.39, 0.29) is 6.54 Å². The SMILES string of the molecule is O=c1ccn([C@@H]2O[C@H](COP(=O)(O)OP(=O)(O)O)[C@H](O)C2O)c(=O)n1Cc1cc(C2CCCC2)ccn1. The first kappa shape index (κ1) is 28.0. The molecule has 0 bridgehead atoms. The van der Waals surface area contributed by atoms with E-state index < -0.39 is 58.0 Å². The van der Waals surface area contributed by atoms with Crippen LogP contribution in [0.15, 0.2) is 40.2 Å². The fourth-order valence-electron chi connectivity index (χ4n) is 4.55. The van der Waals surface area contributed by atoms with E-state index in [4.69, 9.17) is 14.5 Å². The molecular weight excluding hydrogens is 536 g/mol. The third-order valence-electron chi connectivity index (χ3n) is 6.31. The zero-order valence-electron chi connectivity index (χ0n) is 19.3. The van der Waals surface area contributed by atoms with Gasteiger partial charge in [-0.3, -0.25) is 23.4 Å². The molecule has 0 amide bonds. The molecule has 0 spiro atoms. The summed E-state index contributed by atoms with van der Waals surface area (Å²) in [6.07, 6.45) is 0.639. The van der Waals surface area contributed by atoms with Crippen LogP contribution in [-0.4, -0.2) is 63.9 Å². The fourth-order valence-corrected chi connectivity index (χ4v) is 6.15. The minimum Gasteiger partial charge on any atom is -0.387 e. The van der Waals surface area contributed by atoms with E-state index in [1.165, 1.54) is 0 Å². The van der Waals surface area contributed by atoms with Gasteiger partial charge >= 0.3 is 21.3 Å². The maximum absolute atomic E-state index is 13.2. The summed E-state index contributed by atoms with van der Waals surface area (Å²) in [5.74, 6) is 0.398. The van der Waals surface area contributed by atoms with Crippen molar-refractivity contribution in [2.45, 2.75) is 62.7 Å². The summed E-state index contributed by atoms with van der Waals surface area (Å²) >= 11 is 0. The fraction of sp³-hybridized carbons (Fsp3) is 0.550. The molecule has 2 fully saturated rings. The molecule has 5 atom stereocenters. The van der Waals surface area contributed by atoms with Gasteiger partial charge in [0.1, 0.15) is 18.3 Å². The highest BCUT2D eigenvalue weighted by Crippen LogP contribution is 2.57. The largest absolute Gasteiger partial charge is 0.481 e. The van der Waals surface area contributed by atoms with Crippen LogP contribution in [-0.2, 0) is 29.2 Å². The number of pyridine rings is 1. The first-order chi connectivity index (χ1) is 17.3. The Balaban J connectivity index is 1.52. The lowest BCUT2D eigenvalue weighted by molar-refractivity contribution is -0.0547. The first-order valence-electron chi connectivity index (χ1n) is 11.4. The molecule has 1 aliphatic heterocycles. The number of ether oxygens (including phenoxy) is 1. The van der Waals surface area contributed by atoms with Crippen LogP contribution in [0.3, 0.4) is 0 Å². The molecule has 5 N–H and O–H groups in total. The van der Waals surface area contributed by atoms with Crippen LogP contribution in [0.25, 0.3) is 0 Å². The number of rotatable bonds is 9. The Kier molecular flexibility index (Phi) is 8.31. The molecule has 2 aromatic heterocycles. The standard InChI is InChI=1S/C20H27N3O12P2/c24-16-6-8-22(19-18(26)17(25)15(34-19)11-33-37(31,32)35-36(28,29)30)20(27)23(16)10-14-9-13(5-7-21-14)12-3-1-2-4-12/h5-9,12,15,17-19,25-26H,1-4,10-11H2,(H,31,32)(H2,28,29,30)/t15-,17+,18?,19-/m1/s1. The normalized spacial score (nSPS) is 26.4. The Morgan fingerprint density at radius 3 is 2.46 bits per heavy atom. The average Bonchev–Trinajstić information content (AvgIpc) is 3.44. The lowest BCUT2D eigenvalue weighted by Gasteiger charge is -2.19. The number of aliphatic hydroxyl groups excluding tert-OH is 2. The molecule has 4 rings (SSSR count). The van der Waals surface area contributed by atoms with Gasteiger partial charge < -0.3 is 29.6 Å². The molecule has 1 saturated heterocycles. The first-order valence-corrected chi connectivity index (χ1v) is 14.4. The van der Waals surface area contributed by atoms with Crippen LogP contribution >= 0.6 is 15.6 Å². The van der Waals surface area contributed by atoms with Crippen molar-refractivity contribution in [2.24, 2.45) is 0 Å². The van der Waals surface area contributed by atoms with E-state index >= 15 is 0 Å². The smallest absolute Gasteiger partial charge is 0.387 e. The second kappa shape index (κ2) is 11.0. The summed E-state index contributed by atoms with van der Waals surface area (Å²) < 4.78 is 37.8. The van der Waals surface area contributed by atoms with E-state index in [1.807, 2.05) is 12.1 Å². The number of hydrogen-bond acceptors (Lipinski definition) is 10. The predicted octanol–water partition coefficient (Wildman–Crippen LogP) is -0.0436. The number of aromatic nitrogens is 3. The van der Waals surface area contributed by atoms with Crippen molar-refractivity contribution in [1.82, 2.24) is 14.1 Å². The number of aliphatic hydroxyl groups is 2. The highest BCUT2D eigenvalue weighted by molar-refractivity contribution is 7.60. The van der Waals surface area contributed by atoms with E-state index in [0.717, 1.165) is 52.6 Å². The topological polar surface area (TPSA) is 220 Å². The Morgan fingerprint density at radius 1 is 1.08 bits per heavy atom. The van der Waals surface area contributed by atoms with Crippen LogP contribution in [0.5, 0.6) is 0 Å². The van der Waals surface area contributed by atoms with Crippen molar-refractivity contribution in [3.8, 4) is 0 Å². The maximum atomic E-state index is 13.2. The minimum atomic E-state index is -5.37. The summed E-state index contributed by atoms with van der Waals surface area (Å²) in [4.78, 5) is 56.7. The monoisotopic (exact) mass is 563 g/mol. The van der Waals surface area contributed by atoms with Gasteiger partial charge in [0.2, 0.25) is 0 Å². The second-order valence-corrected chi connectivity index (χ2v) is 11.7. The highest BCUT2D eigenvalue weighted by atomic mass is 31.3. The predicted molar refractivity (Wildman–Crippen MR) is 124 cm³/mol. The van der Waals surface area contributed by atoms with Gasteiger partial charge in [0.05, 0.1) is 18.8 Å². The van der Waals surface area contributed by atoms with Crippen molar-refractivity contribution in [3.63, 3.8) is 0 Å². The number of hydrogen-bond donors (Lipinski definition) is 5. The molecule has 0 radical (unpaired) electrons. The number of phosphoric ester groups is 1. The van der Waals surface area contributed by atoms with Gasteiger partial charge in [0.15, 0.2) is 6.23 Å². The number of nitrogens with zero attached hydrogens (tertiary/aromatic N) is 3. The molecule has 3 heterocycles. The molecule has 0 aromatic carbocycles. The molecule has 37 heavy (non-hydrogen) atoms. The Hall–Kier alpha value is -2.03. The van der Waals surface area contributed by atoms with E-state index in [1.54, 1.807) is 6.20 Å². The average molecular weight is 563 g/mol. The van der Waals surface area contributed by atoms with E-state index in [0.29, 0.717) is 11.6 Å². The molecule has 17 heteroatoms. The van der Waals surface area contributed by atoms with Crippen LogP contribution in [0, 0.1) is 0 Å². The molecule has 204 valence electrons. The van der Waals surface area contributed by atoms with Crippen LogP contribution < -0.4 is 11.2 Å². The molecule has 2 unspecified atom stereocenters. The molecule has 1 saturated carbocycles. The van der Waals surface area contributed by atoms with Crippen molar-refractivity contribution in [2.75, 3.05) is 6.61 Å². The summed E-state index contributed by atoms with van der Waals surface area (Å²) in [5, 5.41) is 20.7.